The van der Waals surface area contributed by atoms with E-state index in [0.717, 1.165) is 24.2 Å². The van der Waals surface area contributed by atoms with Crippen LogP contribution in [0.3, 0.4) is 0 Å². The SMILES string of the molecule is CC(C)(C)c1ccc(C(=O)N(CCN2CCOCC2)CC(=O)N(Cc2ccc3c(c2)OCO3)Cc2ccco2)cc1. The zero-order chi connectivity index (χ0) is 28.8. The fraction of sp³-hybridized carbons (Fsp3) is 0.438. The third kappa shape index (κ3) is 7.48. The van der Waals surface area contributed by atoms with Crippen molar-refractivity contribution in [1.29, 1.82) is 0 Å². The van der Waals surface area contributed by atoms with Crippen LogP contribution >= 0.6 is 0 Å². The van der Waals surface area contributed by atoms with E-state index < -0.39 is 0 Å². The smallest absolute Gasteiger partial charge is 0.254 e. The zero-order valence-electron chi connectivity index (χ0n) is 24.1. The highest BCUT2D eigenvalue weighted by atomic mass is 16.7. The van der Waals surface area contributed by atoms with Crippen molar-refractivity contribution >= 4 is 11.8 Å². The maximum atomic E-state index is 13.9. The van der Waals surface area contributed by atoms with E-state index in [2.05, 4.69) is 25.7 Å². The first-order valence-electron chi connectivity index (χ1n) is 14.1. The first kappa shape index (κ1) is 28.7. The molecule has 0 atom stereocenters. The van der Waals surface area contributed by atoms with Gasteiger partial charge in [0, 0.05) is 38.3 Å². The monoisotopic (exact) mass is 561 g/mol. The van der Waals surface area contributed by atoms with E-state index in [0.29, 0.717) is 55.7 Å². The van der Waals surface area contributed by atoms with Gasteiger partial charge in [-0.05, 0) is 52.9 Å². The highest BCUT2D eigenvalue weighted by Gasteiger charge is 2.26. The van der Waals surface area contributed by atoms with E-state index in [1.54, 1.807) is 22.1 Å². The van der Waals surface area contributed by atoms with Crippen LogP contribution in [0.5, 0.6) is 11.5 Å². The molecule has 1 saturated heterocycles. The highest BCUT2D eigenvalue weighted by molar-refractivity contribution is 5.96. The van der Waals surface area contributed by atoms with Gasteiger partial charge in [0.1, 0.15) is 12.3 Å². The number of ether oxygens (including phenoxy) is 3. The lowest BCUT2D eigenvalue weighted by Gasteiger charge is -2.31. The molecule has 5 rings (SSSR count). The molecule has 1 fully saturated rings. The molecule has 3 aromatic rings. The van der Waals surface area contributed by atoms with Gasteiger partial charge in [-0.1, -0.05) is 39.0 Å². The summed E-state index contributed by atoms with van der Waals surface area (Å²) in [5.41, 5.74) is 2.60. The third-order valence-electron chi connectivity index (χ3n) is 7.49. The van der Waals surface area contributed by atoms with Crippen LogP contribution in [0.25, 0.3) is 0 Å². The van der Waals surface area contributed by atoms with E-state index in [-0.39, 0.29) is 37.1 Å². The quantitative estimate of drug-likeness (QED) is 0.365. The second-order valence-electron chi connectivity index (χ2n) is 11.5. The normalized spacial score (nSPS) is 15.1. The van der Waals surface area contributed by atoms with E-state index in [1.165, 1.54) is 0 Å². The molecule has 3 heterocycles. The Hall–Kier alpha value is -3.82. The van der Waals surface area contributed by atoms with Crippen LogP contribution in [0, 0.1) is 0 Å². The number of morpholine rings is 1. The summed E-state index contributed by atoms with van der Waals surface area (Å²) in [5, 5.41) is 0. The molecule has 9 nitrogen and oxygen atoms in total. The van der Waals surface area contributed by atoms with E-state index >= 15 is 0 Å². The molecule has 0 bridgehead atoms. The summed E-state index contributed by atoms with van der Waals surface area (Å²) in [5.74, 6) is 1.70. The van der Waals surface area contributed by atoms with Gasteiger partial charge in [-0.15, -0.1) is 0 Å². The summed E-state index contributed by atoms with van der Waals surface area (Å²) in [6.45, 7) is 11.3. The molecule has 0 spiro atoms. The molecule has 2 aliphatic rings. The van der Waals surface area contributed by atoms with Crippen LogP contribution in [0.1, 0.15) is 48.0 Å². The van der Waals surface area contributed by atoms with Gasteiger partial charge in [0.15, 0.2) is 11.5 Å². The lowest BCUT2D eigenvalue weighted by molar-refractivity contribution is -0.133. The Balaban J connectivity index is 1.35. The van der Waals surface area contributed by atoms with Gasteiger partial charge < -0.3 is 28.4 Å². The Morgan fingerprint density at radius 3 is 2.37 bits per heavy atom. The van der Waals surface area contributed by atoms with E-state index in [1.807, 2.05) is 48.5 Å². The Kier molecular flexibility index (Phi) is 8.95. The van der Waals surface area contributed by atoms with Crippen molar-refractivity contribution < 1.29 is 28.2 Å². The van der Waals surface area contributed by atoms with E-state index in [9.17, 15) is 9.59 Å². The van der Waals surface area contributed by atoms with Gasteiger partial charge in [-0.3, -0.25) is 14.5 Å². The van der Waals surface area contributed by atoms with Crippen molar-refractivity contribution in [1.82, 2.24) is 14.7 Å². The summed E-state index contributed by atoms with van der Waals surface area (Å²) >= 11 is 0. The fourth-order valence-corrected chi connectivity index (χ4v) is 4.98. The highest BCUT2D eigenvalue weighted by Crippen LogP contribution is 2.33. The molecule has 1 aromatic heterocycles. The summed E-state index contributed by atoms with van der Waals surface area (Å²) in [7, 11) is 0. The number of carbonyl (C=O) groups excluding carboxylic acids is 2. The first-order valence-corrected chi connectivity index (χ1v) is 14.1. The Morgan fingerprint density at radius 1 is 0.902 bits per heavy atom. The van der Waals surface area contributed by atoms with Crippen LogP contribution in [0.2, 0.25) is 0 Å². The summed E-state index contributed by atoms with van der Waals surface area (Å²) in [4.78, 5) is 33.3. The number of nitrogens with zero attached hydrogens (tertiary/aromatic N) is 3. The maximum absolute atomic E-state index is 13.9. The topological polar surface area (TPSA) is 84.7 Å². The second-order valence-corrected chi connectivity index (χ2v) is 11.5. The Labute approximate surface area is 241 Å². The average Bonchev–Trinajstić information content (AvgIpc) is 3.66. The van der Waals surface area contributed by atoms with Crippen LogP contribution in [-0.2, 0) is 28.0 Å². The van der Waals surface area contributed by atoms with Gasteiger partial charge in [-0.2, -0.15) is 0 Å². The van der Waals surface area contributed by atoms with Crippen molar-refractivity contribution in [3.05, 3.63) is 83.3 Å². The van der Waals surface area contributed by atoms with Crippen molar-refractivity contribution in [2.24, 2.45) is 0 Å². The standard InChI is InChI=1S/C32H39N3O6/c1-32(2,3)26-9-7-25(8-10-26)31(37)34(13-12-33-14-17-38-18-15-33)22-30(36)35(21-27-5-4-16-39-27)20-24-6-11-28-29(19-24)41-23-40-28/h4-11,16,19H,12-15,17-18,20-23H2,1-3H3. The Morgan fingerprint density at radius 2 is 1.66 bits per heavy atom. The largest absolute Gasteiger partial charge is 0.467 e. The lowest BCUT2D eigenvalue weighted by Crippen LogP contribution is -2.47. The summed E-state index contributed by atoms with van der Waals surface area (Å²) in [6, 6.07) is 17.0. The molecule has 0 saturated carbocycles. The molecular formula is C32H39N3O6. The number of hydrogen-bond acceptors (Lipinski definition) is 7. The van der Waals surface area contributed by atoms with Crippen LogP contribution in [0.15, 0.2) is 65.3 Å². The van der Waals surface area contributed by atoms with Gasteiger partial charge >= 0.3 is 0 Å². The predicted molar refractivity (Wildman–Crippen MR) is 154 cm³/mol. The predicted octanol–water partition coefficient (Wildman–Crippen LogP) is 4.31. The summed E-state index contributed by atoms with van der Waals surface area (Å²) in [6.07, 6.45) is 1.60. The van der Waals surface area contributed by atoms with Crippen molar-refractivity contribution in [2.75, 3.05) is 52.7 Å². The molecule has 0 unspecified atom stereocenters. The minimum atomic E-state index is -0.166. The van der Waals surface area contributed by atoms with E-state index in [4.69, 9.17) is 18.6 Å². The van der Waals surface area contributed by atoms with Crippen molar-refractivity contribution in [3.8, 4) is 11.5 Å². The molecule has 41 heavy (non-hydrogen) atoms. The number of rotatable bonds is 10. The molecule has 2 aromatic carbocycles. The summed E-state index contributed by atoms with van der Waals surface area (Å²) < 4.78 is 22.0. The molecular weight excluding hydrogens is 522 g/mol. The zero-order valence-corrected chi connectivity index (χ0v) is 24.1. The average molecular weight is 562 g/mol. The van der Waals surface area contributed by atoms with Gasteiger partial charge in [0.25, 0.3) is 5.91 Å². The number of benzene rings is 2. The van der Waals surface area contributed by atoms with Crippen LogP contribution in [-0.4, -0.2) is 79.2 Å². The number of carbonyl (C=O) groups is 2. The Bertz CT molecular complexity index is 1310. The van der Waals surface area contributed by atoms with Gasteiger partial charge in [0.2, 0.25) is 12.7 Å². The fourth-order valence-electron chi connectivity index (χ4n) is 4.98. The van der Waals surface area contributed by atoms with Gasteiger partial charge in [-0.25, -0.2) is 0 Å². The minimum Gasteiger partial charge on any atom is -0.467 e. The number of fused-ring (bicyclic) bond motifs is 1. The lowest BCUT2D eigenvalue weighted by atomic mass is 9.86. The van der Waals surface area contributed by atoms with Crippen molar-refractivity contribution in [2.45, 2.75) is 39.3 Å². The number of hydrogen-bond donors (Lipinski definition) is 0. The second kappa shape index (κ2) is 12.8. The number of furan rings is 1. The molecule has 0 aliphatic carbocycles. The number of amides is 2. The van der Waals surface area contributed by atoms with Crippen LogP contribution < -0.4 is 9.47 Å². The minimum absolute atomic E-state index is 0.0192. The molecule has 0 radical (unpaired) electrons. The molecule has 0 N–H and O–H groups in total. The molecule has 2 aliphatic heterocycles. The maximum Gasteiger partial charge on any atom is 0.254 e. The van der Waals surface area contributed by atoms with Crippen molar-refractivity contribution in [3.63, 3.8) is 0 Å². The van der Waals surface area contributed by atoms with Gasteiger partial charge in [0.05, 0.1) is 26.0 Å². The molecule has 9 heteroatoms. The molecule has 2 amide bonds. The van der Waals surface area contributed by atoms with Crippen LogP contribution in [0.4, 0.5) is 0 Å². The first-order chi connectivity index (χ1) is 19.8. The third-order valence-corrected chi connectivity index (χ3v) is 7.49. The molecule has 218 valence electrons.